The fourth-order valence-corrected chi connectivity index (χ4v) is 16.1. The SMILES string of the molecule is CC[C@@H]1CCCN1S(=O)(=O)c1ccc2c(c1)C(=O)C(=O)N2.CC[C@@H]1CCCN1S(=O)(=O)c1ccc2c(c1)C(=O)C(=O)N2[11CH3].O=C(O)[C@@H]1CCCN1.O=C1Nc2ccc(S(=O)(=O)Cl)cc2C1=O.O=C1Nc2ccc(S(=O)(=O)[O-])cc2C1=O.O=P(Cl)(Cl)Cl.[Na+].c1ccc(OC[C@@H]2CCCN2)cc1. The number of anilines is 4. The monoisotopic (exact) mass is 1570 g/mol. The number of halogens is 4. The van der Waals surface area contributed by atoms with Gasteiger partial charge in [-0.1, -0.05) is 32.0 Å². The number of likely N-dealkylation sites (N-methyl/N-ethyl adjacent to an activating group) is 1. The fourth-order valence-electron chi connectivity index (χ4n) is 11.2. The van der Waals surface area contributed by atoms with E-state index in [4.69, 9.17) is 20.5 Å². The number of ketones is 4. The summed E-state index contributed by atoms with van der Waals surface area (Å²) in [7, 11) is -9.13. The van der Waals surface area contributed by atoms with Crippen LogP contribution in [-0.4, -0.2) is 169 Å². The second-order valence-corrected chi connectivity index (χ2v) is 37.0. The Bertz CT molecular complexity index is 4420. The molecule has 39 heteroatoms. The van der Waals surface area contributed by atoms with Crippen molar-refractivity contribution in [1.29, 1.82) is 0 Å². The van der Waals surface area contributed by atoms with Gasteiger partial charge in [0.15, 0.2) is 0 Å². The number of fused-ring (bicyclic) bond motifs is 4. The summed E-state index contributed by atoms with van der Waals surface area (Å²) in [4.78, 5) is 102. The van der Waals surface area contributed by atoms with E-state index in [0.717, 1.165) is 95.0 Å². The molecular weight excluding hydrogens is 1500 g/mol. The molecular formula is C61H66Cl4N8NaO21PS4. The first kappa shape index (κ1) is 82.9. The quantitative estimate of drug-likeness (QED) is 0.0323. The number of para-hydroxylation sites is 1. The molecule has 8 aliphatic heterocycles. The molecule has 4 atom stereocenters. The van der Waals surface area contributed by atoms with Crippen LogP contribution in [0.4, 0.5) is 22.7 Å². The number of ether oxygens (including phenoxy) is 1. The zero-order valence-electron chi connectivity index (χ0n) is 53.8. The molecule has 5 aromatic carbocycles. The van der Waals surface area contributed by atoms with Crippen LogP contribution in [-0.2, 0) is 67.8 Å². The van der Waals surface area contributed by atoms with E-state index < -0.39 is 102 Å². The van der Waals surface area contributed by atoms with Crippen LogP contribution >= 0.6 is 49.6 Å². The standard InChI is InChI=1S/C15H18N2O4S.C14H16N2O4S.C11H15NO.C8H4ClNO4S.C8H5NO5S.C5H9NO2.Cl3OP.Na/c1-3-10-5-4-8-17(10)22(20,21)11-6-7-13-12(9-11)14(18)15(19)16(13)2;1-2-9-4-3-7-16(9)21(19,20)10-5-6-12-11(8-10)13(17)14(18)15-12;1-2-6-11(7-3-1)13-9-10-5-4-8-12-10;9-15(13,14)4-1-2-6-5(3-4)7(11)8(12)10-6;10-7-5-3-4(15(12,13)14)1-2-6(5)9-8(7)11;7-5(8)4-2-1-3-6-4;1-5(2,3)4;/h6-7,9-10H,3-5,8H2,1-2H3;5-6,8-9H,2-4,7H2,1H3,(H,15,17,18);1-3,6-7,10,12H,4-5,8-9H2;1-3H,(H,10,11,12);1-3H,(H,9,10,11)(H,12,13,14);4,6H,1-3H2,(H,7,8);;/q;;;;;;;+1/p-1/t10-;9-;10-;;;4-;;/m110..0../s1/i2-1;;;;;;;. The molecule has 0 radical (unpaired) electrons. The van der Waals surface area contributed by atoms with E-state index in [1.165, 1.54) is 88.0 Å². The maximum Gasteiger partial charge on any atom is 1.00 e. The third-order valence-corrected chi connectivity index (χ3v) is 22.3. The molecule has 8 aliphatic rings. The Morgan fingerprint density at radius 1 is 0.570 bits per heavy atom. The minimum Gasteiger partial charge on any atom is -0.744 e. The second kappa shape index (κ2) is 35.4. The van der Waals surface area contributed by atoms with Gasteiger partial charge in [-0.25, -0.2) is 33.7 Å². The Morgan fingerprint density at radius 3 is 1.38 bits per heavy atom. The molecule has 4 saturated heterocycles. The molecule has 0 aromatic heterocycles. The van der Waals surface area contributed by atoms with E-state index in [2.05, 4.69) is 60.3 Å². The molecule has 4 amide bonds. The number of Topliss-reactive ketones (excluding diaryl/α,β-unsaturated/α-hetero) is 4. The van der Waals surface area contributed by atoms with E-state index in [1.54, 1.807) is 0 Å². The molecule has 0 spiro atoms. The Labute approximate surface area is 617 Å². The van der Waals surface area contributed by atoms with Gasteiger partial charge in [0.25, 0.3) is 55.8 Å². The van der Waals surface area contributed by atoms with Gasteiger partial charge in [0, 0.05) is 48.9 Å². The summed E-state index contributed by atoms with van der Waals surface area (Å²) in [6.45, 7) is 7.74. The first-order valence-electron chi connectivity index (χ1n) is 30.3. The summed E-state index contributed by atoms with van der Waals surface area (Å²) in [5.74, 6) is -5.62. The predicted octanol–water partition coefficient (Wildman–Crippen LogP) is 4.72. The summed E-state index contributed by atoms with van der Waals surface area (Å²) >= 11 is 13.8. The van der Waals surface area contributed by atoms with Crippen LogP contribution in [0.25, 0.3) is 0 Å². The number of hydrogen-bond acceptors (Lipinski definition) is 22. The van der Waals surface area contributed by atoms with Crippen molar-refractivity contribution in [1.82, 2.24) is 19.2 Å². The molecule has 4 fully saturated rings. The molecule has 0 aliphatic carbocycles. The van der Waals surface area contributed by atoms with Crippen molar-refractivity contribution in [3.63, 3.8) is 0 Å². The summed E-state index contributed by atoms with van der Waals surface area (Å²) in [6, 6.07) is 25.6. The van der Waals surface area contributed by atoms with Crippen molar-refractivity contribution in [2.24, 2.45) is 0 Å². The Kier molecular flexibility index (Phi) is 29.3. The van der Waals surface area contributed by atoms with Crippen LogP contribution in [0.15, 0.2) is 123 Å². The summed E-state index contributed by atoms with van der Waals surface area (Å²) < 4.78 is 123. The van der Waals surface area contributed by atoms with Gasteiger partial charge in [-0.3, -0.25) is 47.7 Å². The van der Waals surface area contributed by atoms with Crippen LogP contribution in [0.1, 0.15) is 119 Å². The van der Waals surface area contributed by atoms with E-state index in [0.29, 0.717) is 36.2 Å². The van der Waals surface area contributed by atoms with E-state index in [-0.39, 0.29) is 90.3 Å². The first-order chi connectivity index (χ1) is 46.4. The second-order valence-electron chi connectivity index (χ2n) is 22.7. The topological polar surface area (TPSA) is 430 Å². The third kappa shape index (κ3) is 21.3. The van der Waals surface area contributed by atoms with Gasteiger partial charge >= 0.3 is 40.7 Å². The molecule has 6 N–H and O–H groups in total. The van der Waals surface area contributed by atoms with Crippen molar-refractivity contribution in [3.05, 3.63) is 125 Å². The smallest absolute Gasteiger partial charge is 0.744 e. The average molecular weight is 1570 g/mol. The molecule has 100 heavy (non-hydrogen) atoms. The van der Waals surface area contributed by atoms with E-state index >= 15 is 0 Å². The fraction of sp³-hybridized carbons (Fsp3) is 0.361. The van der Waals surface area contributed by atoms with Crippen LogP contribution in [0.5, 0.6) is 5.75 Å². The van der Waals surface area contributed by atoms with E-state index in [9.17, 15) is 85.9 Å². The minimum atomic E-state index is -4.61. The average Bonchev–Trinajstić information content (AvgIpc) is 1.57. The number of amides is 4. The number of carboxylic acids is 1. The number of hydrogen-bond donors (Lipinski definition) is 6. The number of carbonyl (C=O) groups excluding carboxylic acids is 8. The molecule has 29 nitrogen and oxygen atoms in total. The van der Waals surface area contributed by atoms with Gasteiger partial charge in [0.05, 0.1) is 64.6 Å². The summed E-state index contributed by atoms with van der Waals surface area (Å²) in [5, 5.41) is 18.3. The van der Waals surface area contributed by atoms with Gasteiger partial charge in [0.1, 0.15) is 28.5 Å². The number of nitrogens with zero attached hydrogens (tertiary/aromatic N) is 3. The maximum absolute atomic E-state index is 12.8. The number of nitrogens with one attached hydrogen (secondary N) is 5. The van der Waals surface area contributed by atoms with Crippen molar-refractivity contribution in [2.75, 3.05) is 60.7 Å². The Balaban J connectivity index is 0.000000190. The Hall–Kier alpha value is -6.08. The molecule has 0 bridgehead atoms. The van der Waals surface area contributed by atoms with Crippen LogP contribution < -0.4 is 65.8 Å². The zero-order chi connectivity index (χ0) is 73.1. The number of sulfonamides is 2. The van der Waals surface area contributed by atoms with Crippen molar-refractivity contribution in [2.45, 2.75) is 122 Å². The molecule has 0 saturated carbocycles. The van der Waals surface area contributed by atoms with Crippen LogP contribution in [0, 0.1) is 0 Å². The van der Waals surface area contributed by atoms with Gasteiger partial charge in [-0.15, -0.1) is 0 Å². The van der Waals surface area contributed by atoms with Crippen molar-refractivity contribution in [3.8, 4) is 5.75 Å². The van der Waals surface area contributed by atoms with Crippen molar-refractivity contribution < 1.29 is 125 Å². The number of carboxylic acid groups (broad SMARTS) is 1. The number of carbonyl (C=O) groups is 9. The maximum atomic E-state index is 12.8. The first-order valence-corrected chi connectivity index (χ1v) is 41.3. The number of benzene rings is 5. The summed E-state index contributed by atoms with van der Waals surface area (Å²) in [6.07, 6.45) is 9.26. The zero-order valence-corrected chi connectivity index (χ0v) is 63.0. The predicted molar refractivity (Wildman–Crippen MR) is 365 cm³/mol. The molecule has 5 aromatic rings. The van der Waals surface area contributed by atoms with Crippen LogP contribution in [0.3, 0.4) is 0 Å². The van der Waals surface area contributed by atoms with Gasteiger partial charge in [-0.2, -0.15) is 8.61 Å². The third-order valence-electron chi connectivity index (χ3n) is 16.2. The molecule has 0 unspecified atom stereocenters. The summed E-state index contributed by atoms with van der Waals surface area (Å²) in [5.41, 5.74) is 1.60. The number of aliphatic carboxylic acids is 1. The minimum absolute atomic E-state index is 0. The molecule has 13 rings (SSSR count). The Morgan fingerprint density at radius 2 is 0.980 bits per heavy atom. The molecule has 8 heterocycles. The van der Waals surface area contributed by atoms with Gasteiger partial charge < -0.3 is 45.9 Å². The van der Waals surface area contributed by atoms with E-state index in [1.807, 2.05) is 44.2 Å². The van der Waals surface area contributed by atoms with Gasteiger partial charge in [0.2, 0.25) is 20.0 Å². The van der Waals surface area contributed by atoms with Gasteiger partial charge in [-0.05, 0) is 196 Å². The van der Waals surface area contributed by atoms with Crippen molar-refractivity contribution >= 4 is 164 Å². The molecule has 534 valence electrons. The van der Waals surface area contributed by atoms with Crippen LogP contribution in [0.2, 0.25) is 0 Å². The normalized spacial score (nSPS) is 19.8. The number of rotatable bonds is 12. The largest absolute Gasteiger partial charge is 1.00 e.